The molecule has 2 N–H and O–H groups in total. The lowest BCUT2D eigenvalue weighted by molar-refractivity contribution is -0.137. The van der Waals surface area contributed by atoms with Crippen LogP contribution >= 0.6 is 0 Å². The molecule has 0 aliphatic carbocycles. The number of aryl methyl sites for hydroxylation is 1. The average Bonchev–Trinajstić information content (AvgIpc) is 3.14. The van der Waals surface area contributed by atoms with Gasteiger partial charge < -0.3 is 10.1 Å². The smallest absolute Gasteiger partial charge is 0.416 e. The van der Waals surface area contributed by atoms with Crippen molar-refractivity contribution in [3.63, 3.8) is 0 Å². The largest absolute Gasteiger partial charge is 0.478 e. The zero-order valence-electron chi connectivity index (χ0n) is 13.2. The van der Waals surface area contributed by atoms with Crippen LogP contribution in [-0.2, 0) is 13.2 Å². The number of benzene rings is 1. The molecule has 3 heterocycles. The molecular formula is C16H10F3N5O2. The van der Waals surface area contributed by atoms with Gasteiger partial charge in [0.2, 0.25) is 0 Å². The molecule has 10 heteroatoms. The molecule has 3 aromatic heterocycles. The Balaban J connectivity index is 1.93. The van der Waals surface area contributed by atoms with E-state index in [2.05, 4.69) is 20.1 Å². The summed E-state index contributed by atoms with van der Waals surface area (Å²) < 4.78 is 40.1. The van der Waals surface area contributed by atoms with Crippen molar-refractivity contribution in [3.05, 3.63) is 41.7 Å². The molecule has 7 nitrogen and oxygen atoms in total. The quantitative estimate of drug-likeness (QED) is 0.571. The van der Waals surface area contributed by atoms with E-state index in [0.717, 1.165) is 12.1 Å². The Bertz CT molecular complexity index is 1180. The number of aromatic amines is 1. The van der Waals surface area contributed by atoms with E-state index in [4.69, 9.17) is 0 Å². The maximum absolute atomic E-state index is 12.9. The summed E-state index contributed by atoms with van der Waals surface area (Å²) in [6.45, 7) is 0. The van der Waals surface area contributed by atoms with Crippen molar-refractivity contribution in [3.8, 4) is 11.4 Å². The van der Waals surface area contributed by atoms with Gasteiger partial charge in [0.1, 0.15) is 22.5 Å². The van der Waals surface area contributed by atoms with Gasteiger partial charge in [-0.2, -0.15) is 18.3 Å². The average molecular weight is 361 g/mol. The number of carbonyl (C=O) groups is 1. The number of halogens is 3. The van der Waals surface area contributed by atoms with Crippen molar-refractivity contribution in [2.45, 2.75) is 6.18 Å². The molecule has 0 saturated heterocycles. The van der Waals surface area contributed by atoms with E-state index in [1.54, 1.807) is 0 Å². The van der Waals surface area contributed by atoms with Crippen molar-refractivity contribution in [1.29, 1.82) is 0 Å². The number of hydrogen-bond donors (Lipinski definition) is 2. The third-order valence-corrected chi connectivity index (χ3v) is 4.03. The normalized spacial score (nSPS) is 12.2. The summed E-state index contributed by atoms with van der Waals surface area (Å²) in [5, 5.41) is 13.9. The van der Waals surface area contributed by atoms with Crippen LogP contribution in [0.1, 0.15) is 15.9 Å². The topological polar surface area (TPSA) is 96.7 Å². The number of nitrogens with one attached hydrogen (secondary N) is 1. The van der Waals surface area contributed by atoms with Crippen molar-refractivity contribution in [1.82, 2.24) is 24.7 Å². The Morgan fingerprint density at radius 1 is 1.31 bits per heavy atom. The van der Waals surface area contributed by atoms with E-state index >= 15 is 0 Å². The second-order valence-electron chi connectivity index (χ2n) is 5.66. The van der Waals surface area contributed by atoms with Gasteiger partial charge in [-0.05, 0) is 18.2 Å². The fraction of sp³-hybridized carbons (Fsp3) is 0.125. The zero-order chi connectivity index (χ0) is 18.6. The predicted octanol–water partition coefficient (Wildman–Crippen LogP) is 3.23. The summed E-state index contributed by atoms with van der Waals surface area (Å²) in [5.74, 6) is -1.16. The number of carboxylic acids is 1. The number of aromatic nitrogens is 5. The summed E-state index contributed by atoms with van der Waals surface area (Å²) in [6, 6.07) is 3.30. The minimum Gasteiger partial charge on any atom is -0.478 e. The first-order valence-electron chi connectivity index (χ1n) is 7.37. The first-order valence-corrected chi connectivity index (χ1v) is 7.37. The Morgan fingerprint density at radius 2 is 2.08 bits per heavy atom. The van der Waals surface area contributed by atoms with E-state index in [0.29, 0.717) is 16.7 Å². The van der Waals surface area contributed by atoms with Crippen LogP contribution in [0.15, 0.2) is 30.6 Å². The van der Waals surface area contributed by atoms with Crippen LogP contribution in [0, 0.1) is 0 Å². The number of H-pyrrole nitrogens is 1. The fourth-order valence-corrected chi connectivity index (χ4v) is 2.79. The van der Waals surface area contributed by atoms with Crippen LogP contribution in [0.3, 0.4) is 0 Å². The third-order valence-electron chi connectivity index (χ3n) is 4.03. The van der Waals surface area contributed by atoms with Crippen LogP contribution < -0.4 is 0 Å². The SMILES string of the molecule is Cn1nc(-c2cnc3[nH]cc(C(=O)O)c3n2)c2ccc(C(F)(F)F)cc21. The molecular weight excluding hydrogens is 351 g/mol. The lowest BCUT2D eigenvalue weighted by Crippen LogP contribution is -2.04. The highest BCUT2D eigenvalue weighted by atomic mass is 19.4. The molecule has 0 unspecified atom stereocenters. The van der Waals surface area contributed by atoms with Gasteiger partial charge in [0.15, 0.2) is 5.65 Å². The molecule has 0 saturated carbocycles. The molecule has 0 fully saturated rings. The summed E-state index contributed by atoms with van der Waals surface area (Å²) in [6.07, 6.45) is -1.79. The fourth-order valence-electron chi connectivity index (χ4n) is 2.79. The Labute approximate surface area is 143 Å². The monoisotopic (exact) mass is 361 g/mol. The van der Waals surface area contributed by atoms with Crippen molar-refractivity contribution >= 4 is 28.0 Å². The van der Waals surface area contributed by atoms with Gasteiger partial charge >= 0.3 is 12.1 Å². The molecule has 0 amide bonds. The summed E-state index contributed by atoms with van der Waals surface area (Å²) in [7, 11) is 1.52. The third kappa shape index (κ3) is 2.38. The molecule has 0 spiro atoms. The first-order chi connectivity index (χ1) is 12.3. The molecule has 4 aromatic rings. The number of fused-ring (bicyclic) bond motifs is 2. The first kappa shape index (κ1) is 16.1. The minimum absolute atomic E-state index is 0.0473. The maximum Gasteiger partial charge on any atom is 0.416 e. The number of alkyl halides is 3. The Kier molecular flexibility index (Phi) is 3.26. The maximum atomic E-state index is 12.9. The van der Waals surface area contributed by atoms with Gasteiger partial charge in [0.25, 0.3) is 0 Å². The van der Waals surface area contributed by atoms with E-state index in [1.807, 2.05) is 0 Å². The van der Waals surface area contributed by atoms with Crippen molar-refractivity contribution in [2.75, 3.05) is 0 Å². The van der Waals surface area contributed by atoms with Gasteiger partial charge in [0.05, 0.1) is 17.3 Å². The Hall–Kier alpha value is -3.43. The van der Waals surface area contributed by atoms with E-state index < -0.39 is 17.7 Å². The molecule has 26 heavy (non-hydrogen) atoms. The molecule has 0 radical (unpaired) electrons. The van der Waals surface area contributed by atoms with Crippen LogP contribution in [-0.4, -0.2) is 35.8 Å². The lowest BCUT2D eigenvalue weighted by atomic mass is 10.1. The van der Waals surface area contributed by atoms with Crippen molar-refractivity contribution in [2.24, 2.45) is 7.05 Å². The molecule has 0 aliphatic rings. The molecule has 1 aromatic carbocycles. The van der Waals surface area contributed by atoms with Crippen molar-refractivity contribution < 1.29 is 23.1 Å². The van der Waals surface area contributed by atoms with Crippen LogP contribution in [0.2, 0.25) is 0 Å². The number of carboxylic acid groups (broad SMARTS) is 1. The highest BCUT2D eigenvalue weighted by Crippen LogP contribution is 2.34. The molecule has 0 aliphatic heterocycles. The zero-order valence-corrected chi connectivity index (χ0v) is 13.2. The predicted molar refractivity (Wildman–Crippen MR) is 85.6 cm³/mol. The Morgan fingerprint density at radius 3 is 2.77 bits per heavy atom. The molecule has 0 atom stereocenters. The molecule has 4 rings (SSSR count). The number of rotatable bonds is 2. The van der Waals surface area contributed by atoms with Gasteiger partial charge in [0, 0.05) is 18.6 Å². The van der Waals surface area contributed by atoms with Crippen LogP contribution in [0.5, 0.6) is 0 Å². The van der Waals surface area contributed by atoms with Gasteiger partial charge in [-0.25, -0.2) is 14.8 Å². The summed E-state index contributed by atoms with van der Waals surface area (Å²) >= 11 is 0. The standard InChI is InChI=1S/C16H10F3N5O2/c1-24-11-4-7(16(17,18)19)2-3-8(11)12(23-24)10-6-21-14-13(22-10)9(5-20-14)15(25)26/h2-6H,1H3,(H,20,21)(H,25,26). The lowest BCUT2D eigenvalue weighted by Gasteiger charge is -2.06. The van der Waals surface area contributed by atoms with E-state index in [1.165, 1.54) is 30.2 Å². The van der Waals surface area contributed by atoms with E-state index in [-0.39, 0.29) is 22.3 Å². The van der Waals surface area contributed by atoms with Crippen LogP contribution in [0.25, 0.3) is 33.5 Å². The number of aromatic carboxylic acids is 1. The second kappa shape index (κ2) is 5.28. The summed E-state index contributed by atoms with van der Waals surface area (Å²) in [4.78, 5) is 22.4. The van der Waals surface area contributed by atoms with Crippen LogP contribution in [0.4, 0.5) is 13.2 Å². The second-order valence-corrected chi connectivity index (χ2v) is 5.66. The molecule has 132 valence electrons. The molecule has 0 bridgehead atoms. The number of nitrogens with zero attached hydrogens (tertiary/aromatic N) is 4. The highest BCUT2D eigenvalue weighted by Gasteiger charge is 2.31. The van der Waals surface area contributed by atoms with E-state index in [9.17, 15) is 23.1 Å². The summed E-state index contributed by atoms with van der Waals surface area (Å²) in [5.41, 5.74) is 0.498. The van der Waals surface area contributed by atoms with Gasteiger partial charge in [-0.3, -0.25) is 4.68 Å². The number of hydrogen-bond acceptors (Lipinski definition) is 4. The van der Waals surface area contributed by atoms with Gasteiger partial charge in [-0.1, -0.05) is 0 Å². The highest BCUT2D eigenvalue weighted by molar-refractivity contribution is 6.01. The van der Waals surface area contributed by atoms with Gasteiger partial charge in [-0.15, -0.1) is 0 Å². The minimum atomic E-state index is -4.46.